The zero-order chi connectivity index (χ0) is 22.0. The quantitative estimate of drug-likeness (QED) is 0.573. The summed E-state index contributed by atoms with van der Waals surface area (Å²) >= 11 is 0. The molecule has 0 N–H and O–H groups in total. The van der Waals surface area contributed by atoms with Crippen molar-refractivity contribution in [1.29, 1.82) is 5.26 Å². The molecule has 0 radical (unpaired) electrons. The summed E-state index contributed by atoms with van der Waals surface area (Å²) in [4.78, 5) is 13.2. The van der Waals surface area contributed by atoms with Gasteiger partial charge in [-0.05, 0) is 36.6 Å². The van der Waals surface area contributed by atoms with Crippen LogP contribution in [-0.2, 0) is 17.4 Å². The average Bonchev–Trinajstić information content (AvgIpc) is 2.78. The fourth-order valence-electron chi connectivity index (χ4n) is 4.09. The number of anilines is 1. The van der Waals surface area contributed by atoms with Gasteiger partial charge >= 0.3 is 6.18 Å². The number of rotatable bonds is 3. The first-order chi connectivity index (χ1) is 14.9. The van der Waals surface area contributed by atoms with E-state index in [1.807, 2.05) is 29.3 Å². The van der Waals surface area contributed by atoms with Gasteiger partial charge in [-0.15, -0.1) is 0 Å². The van der Waals surface area contributed by atoms with E-state index in [1.165, 1.54) is 18.2 Å². The molecule has 1 heterocycles. The molecular weight excluding hydrogens is 403 g/mol. The van der Waals surface area contributed by atoms with Crippen LogP contribution in [0.3, 0.4) is 0 Å². The number of halogens is 3. The number of fused-ring (bicyclic) bond motifs is 1. The highest BCUT2D eigenvalue weighted by Crippen LogP contribution is 2.34. The van der Waals surface area contributed by atoms with E-state index in [1.54, 1.807) is 17.1 Å². The molecule has 4 rings (SSSR count). The van der Waals surface area contributed by atoms with Crippen molar-refractivity contribution >= 4 is 22.4 Å². The Morgan fingerprint density at radius 1 is 0.935 bits per heavy atom. The zero-order valence-electron chi connectivity index (χ0n) is 16.7. The van der Waals surface area contributed by atoms with E-state index in [9.17, 15) is 23.2 Å². The number of hydrogen-bond donors (Lipinski definition) is 0. The number of hydrogen-bond acceptors (Lipinski definition) is 3. The Morgan fingerprint density at radius 3 is 2.35 bits per heavy atom. The van der Waals surface area contributed by atoms with Crippen LogP contribution in [0.4, 0.5) is 18.9 Å². The molecular formula is C24H20F3N3O. The van der Waals surface area contributed by atoms with Gasteiger partial charge < -0.3 is 0 Å². The molecule has 0 spiro atoms. The lowest BCUT2D eigenvalue weighted by molar-refractivity contribution is -0.138. The minimum Gasteiger partial charge on any atom is -0.282 e. The van der Waals surface area contributed by atoms with E-state index >= 15 is 0 Å². The van der Waals surface area contributed by atoms with Crippen LogP contribution in [0.1, 0.15) is 29.5 Å². The Bertz CT molecular complexity index is 1170. The molecule has 0 aliphatic carbocycles. The van der Waals surface area contributed by atoms with Gasteiger partial charge in [0, 0.05) is 23.9 Å². The molecule has 0 unspecified atom stereocenters. The van der Waals surface area contributed by atoms with Gasteiger partial charge in [-0.1, -0.05) is 42.5 Å². The number of carbonyl (C=O) groups is 1. The van der Waals surface area contributed by atoms with E-state index in [-0.39, 0.29) is 17.9 Å². The Morgan fingerprint density at radius 2 is 1.61 bits per heavy atom. The summed E-state index contributed by atoms with van der Waals surface area (Å²) in [7, 11) is 0. The first-order valence-corrected chi connectivity index (χ1v) is 10.0. The number of benzene rings is 3. The Balaban J connectivity index is 1.69. The van der Waals surface area contributed by atoms with E-state index in [4.69, 9.17) is 0 Å². The highest BCUT2D eigenvalue weighted by atomic mass is 19.4. The van der Waals surface area contributed by atoms with Crippen molar-refractivity contribution in [3.05, 3.63) is 77.4 Å². The molecule has 7 heteroatoms. The number of nitrogens with zero attached hydrogens (tertiary/aromatic N) is 3. The third-order valence-corrected chi connectivity index (χ3v) is 5.53. The molecule has 0 atom stereocenters. The number of carbonyl (C=O) groups excluding carboxylic acids is 1. The summed E-state index contributed by atoms with van der Waals surface area (Å²) in [5.74, 6) is -0.384. The highest BCUT2D eigenvalue weighted by molar-refractivity contribution is 5.98. The molecule has 158 valence electrons. The molecule has 1 aliphatic heterocycles. The third kappa shape index (κ3) is 4.06. The number of hydrazine groups is 1. The van der Waals surface area contributed by atoms with Crippen LogP contribution in [0.25, 0.3) is 10.8 Å². The zero-order valence-corrected chi connectivity index (χ0v) is 16.7. The third-order valence-electron chi connectivity index (χ3n) is 5.53. The van der Waals surface area contributed by atoms with Crippen LogP contribution in [0.5, 0.6) is 0 Å². The summed E-state index contributed by atoms with van der Waals surface area (Å²) < 4.78 is 40.1. The molecule has 0 bridgehead atoms. The standard InChI is InChI=1S/C24H20F3N3O/c25-24(26,27)21-10-4-1-7-17(21)15-23(31)30-14-6-5-13-29(30)22-12-11-18(16-28)19-8-2-3-9-20(19)22/h1-4,7-12H,5-6,13-15H2. The maximum Gasteiger partial charge on any atom is 0.416 e. The maximum absolute atomic E-state index is 13.4. The van der Waals surface area contributed by atoms with Crippen molar-refractivity contribution in [1.82, 2.24) is 5.01 Å². The van der Waals surface area contributed by atoms with Gasteiger partial charge in [0.2, 0.25) is 5.91 Å². The molecule has 1 fully saturated rings. The summed E-state index contributed by atoms with van der Waals surface area (Å²) in [5, 5.41) is 14.4. The van der Waals surface area contributed by atoms with Crippen molar-refractivity contribution in [2.75, 3.05) is 18.1 Å². The van der Waals surface area contributed by atoms with Gasteiger partial charge in [-0.2, -0.15) is 18.4 Å². The van der Waals surface area contributed by atoms with Crippen LogP contribution < -0.4 is 5.01 Å². The molecule has 1 saturated heterocycles. The van der Waals surface area contributed by atoms with Gasteiger partial charge in [-0.3, -0.25) is 14.8 Å². The average molecular weight is 423 g/mol. The van der Waals surface area contributed by atoms with Crippen molar-refractivity contribution in [3.63, 3.8) is 0 Å². The first kappa shape index (κ1) is 20.7. The predicted octanol–water partition coefficient (Wildman–Crippen LogP) is 5.32. The Hall–Kier alpha value is -3.53. The molecule has 1 aliphatic rings. The second kappa shape index (κ2) is 8.31. The number of amides is 1. The maximum atomic E-state index is 13.4. The smallest absolute Gasteiger partial charge is 0.282 e. The van der Waals surface area contributed by atoms with E-state index < -0.39 is 11.7 Å². The molecule has 4 nitrogen and oxygen atoms in total. The van der Waals surface area contributed by atoms with Gasteiger partial charge in [0.1, 0.15) is 0 Å². The lowest BCUT2D eigenvalue weighted by Crippen LogP contribution is -2.51. The fraction of sp³-hybridized carbons (Fsp3) is 0.250. The van der Waals surface area contributed by atoms with Crippen LogP contribution in [-0.4, -0.2) is 24.0 Å². The lowest BCUT2D eigenvalue weighted by atomic mass is 10.0. The highest BCUT2D eigenvalue weighted by Gasteiger charge is 2.34. The monoisotopic (exact) mass is 423 g/mol. The topological polar surface area (TPSA) is 47.3 Å². The van der Waals surface area contributed by atoms with E-state index in [0.717, 1.165) is 35.4 Å². The molecule has 3 aromatic carbocycles. The lowest BCUT2D eigenvalue weighted by Gasteiger charge is -2.41. The minimum absolute atomic E-state index is 0.0322. The second-order valence-electron chi connectivity index (χ2n) is 7.47. The fourth-order valence-corrected chi connectivity index (χ4v) is 4.09. The second-order valence-corrected chi connectivity index (χ2v) is 7.47. The summed E-state index contributed by atoms with van der Waals surface area (Å²) in [6.45, 7) is 1.00. The molecule has 0 aromatic heterocycles. The summed E-state index contributed by atoms with van der Waals surface area (Å²) in [6, 6.07) is 18.4. The van der Waals surface area contributed by atoms with Gasteiger partial charge in [0.25, 0.3) is 0 Å². The SMILES string of the molecule is N#Cc1ccc(N2CCCCN2C(=O)Cc2ccccc2C(F)(F)F)c2ccccc12. The molecule has 31 heavy (non-hydrogen) atoms. The Kier molecular flexibility index (Phi) is 5.55. The van der Waals surface area contributed by atoms with Gasteiger partial charge in [-0.25, -0.2) is 0 Å². The van der Waals surface area contributed by atoms with Crippen molar-refractivity contribution in [2.45, 2.75) is 25.4 Å². The summed E-state index contributed by atoms with van der Waals surface area (Å²) in [6.07, 6.45) is -3.21. The van der Waals surface area contributed by atoms with Gasteiger partial charge in [0.05, 0.1) is 29.3 Å². The van der Waals surface area contributed by atoms with Crippen molar-refractivity contribution in [2.24, 2.45) is 0 Å². The largest absolute Gasteiger partial charge is 0.416 e. The molecule has 0 saturated carbocycles. The van der Waals surface area contributed by atoms with Crippen molar-refractivity contribution in [3.8, 4) is 6.07 Å². The van der Waals surface area contributed by atoms with Crippen LogP contribution >= 0.6 is 0 Å². The molecule has 3 aromatic rings. The predicted molar refractivity (Wildman–Crippen MR) is 112 cm³/mol. The van der Waals surface area contributed by atoms with E-state index in [2.05, 4.69) is 6.07 Å². The van der Waals surface area contributed by atoms with E-state index in [0.29, 0.717) is 18.7 Å². The molecule has 1 amide bonds. The first-order valence-electron chi connectivity index (χ1n) is 10.0. The van der Waals surface area contributed by atoms with Gasteiger partial charge in [0.15, 0.2) is 0 Å². The summed E-state index contributed by atoms with van der Waals surface area (Å²) in [5.41, 5.74) is 0.492. The van der Waals surface area contributed by atoms with Crippen LogP contribution in [0, 0.1) is 11.3 Å². The van der Waals surface area contributed by atoms with Crippen LogP contribution in [0.2, 0.25) is 0 Å². The van der Waals surface area contributed by atoms with Crippen LogP contribution in [0.15, 0.2) is 60.7 Å². The van der Waals surface area contributed by atoms with Crippen molar-refractivity contribution < 1.29 is 18.0 Å². The normalized spacial score (nSPS) is 14.5. The number of nitriles is 1. The number of alkyl halides is 3. The Labute approximate surface area is 178 Å². The minimum atomic E-state index is -4.51.